The maximum Gasteiger partial charge on any atom is 0.253 e. The van der Waals surface area contributed by atoms with Gasteiger partial charge in [-0.15, -0.1) is 0 Å². The number of hydrogen-bond donors (Lipinski definition) is 0. The van der Waals surface area contributed by atoms with E-state index in [0.717, 1.165) is 58.9 Å². The number of rotatable bonds is 3. The zero-order valence-electron chi connectivity index (χ0n) is 14.6. The van der Waals surface area contributed by atoms with Crippen molar-refractivity contribution in [2.45, 2.75) is 6.92 Å². The van der Waals surface area contributed by atoms with Crippen LogP contribution in [0.5, 0.6) is 0 Å². The van der Waals surface area contributed by atoms with Gasteiger partial charge in [0.1, 0.15) is 3.70 Å². The van der Waals surface area contributed by atoms with E-state index >= 15 is 0 Å². The summed E-state index contributed by atoms with van der Waals surface area (Å²) in [7, 11) is 0. The molecule has 1 aliphatic heterocycles. The van der Waals surface area contributed by atoms with Crippen molar-refractivity contribution in [2.75, 3.05) is 32.7 Å². The zero-order chi connectivity index (χ0) is 18.1. The molecule has 7 heteroatoms. The molecule has 1 aliphatic rings. The fourth-order valence-corrected chi connectivity index (χ4v) is 3.77. The molecule has 0 radical (unpaired) electrons. The van der Waals surface area contributed by atoms with Gasteiger partial charge >= 0.3 is 0 Å². The van der Waals surface area contributed by atoms with Gasteiger partial charge in [-0.25, -0.2) is 4.98 Å². The van der Waals surface area contributed by atoms with E-state index in [1.807, 2.05) is 46.0 Å². The van der Waals surface area contributed by atoms with Crippen molar-refractivity contribution >= 4 is 34.1 Å². The number of carbonyl (C=O) groups is 1. The number of piperazine rings is 1. The lowest BCUT2D eigenvalue weighted by Gasteiger charge is -2.34. The summed E-state index contributed by atoms with van der Waals surface area (Å²) in [6.07, 6.45) is 5.57. The Morgan fingerprint density at radius 2 is 1.81 bits per heavy atom. The van der Waals surface area contributed by atoms with Gasteiger partial charge in [0.15, 0.2) is 5.65 Å². The molecule has 4 rings (SSSR count). The van der Waals surface area contributed by atoms with E-state index in [1.165, 1.54) is 0 Å². The molecular weight excluding hydrogens is 441 g/mol. The zero-order valence-corrected chi connectivity index (χ0v) is 16.8. The number of nitrogens with zero attached hydrogens (tertiary/aromatic N) is 5. The van der Waals surface area contributed by atoms with Crippen LogP contribution in [0.1, 0.15) is 17.3 Å². The van der Waals surface area contributed by atoms with Gasteiger partial charge < -0.3 is 9.80 Å². The number of halogens is 1. The van der Waals surface area contributed by atoms with E-state index in [-0.39, 0.29) is 5.91 Å². The number of imidazole rings is 1. The molecular formula is C19H20IN5O. The number of carbonyl (C=O) groups excluding carboxylic acids is 1. The Balaban J connectivity index is 1.52. The molecule has 0 saturated carbocycles. The molecule has 1 aromatic carbocycles. The van der Waals surface area contributed by atoms with Crippen molar-refractivity contribution in [2.24, 2.45) is 0 Å². The first kappa shape index (κ1) is 17.4. The van der Waals surface area contributed by atoms with Crippen molar-refractivity contribution in [3.8, 4) is 11.3 Å². The van der Waals surface area contributed by atoms with Gasteiger partial charge in [-0.1, -0.05) is 19.1 Å². The van der Waals surface area contributed by atoms with Crippen LogP contribution in [0.2, 0.25) is 0 Å². The minimum absolute atomic E-state index is 0.111. The van der Waals surface area contributed by atoms with Crippen LogP contribution in [0, 0.1) is 3.70 Å². The Labute approximate surface area is 166 Å². The van der Waals surface area contributed by atoms with Crippen LogP contribution >= 0.6 is 22.6 Å². The minimum atomic E-state index is 0.111. The van der Waals surface area contributed by atoms with Crippen LogP contribution in [0.25, 0.3) is 16.9 Å². The number of aromatic nitrogens is 3. The van der Waals surface area contributed by atoms with Gasteiger partial charge in [-0.05, 0) is 41.3 Å². The van der Waals surface area contributed by atoms with Crippen LogP contribution in [-0.2, 0) is 0 Å². The SMILES string of the molecule is CCN1CCN(C(=O)c2ccc(-c3cn4c(I)cnc4cn3)cc2)CC1. The lowest BCUT2D eigenvalue weighted by molar-refractivity contribution is 0.0643. The fourth-order valence-electron chi connectivity index (χ4n) is 3.24. The summed E-state index contributed by atoms with van der Waals surface area (Å²) < 4.78 is 3.05. The second-order valence-corrected chi connectivity index (χ2v) is 7.49. The van der Waals surface area contributed by atoms with Gasteiger partial charge in [0.05, 0.1) is 18.1 Å². The fraction of sp³-hybridized carbons (Fsp3) is 0.316. The first-order chi connectivity index (χ1) is 12.7. The van der Waals surface area contributed by atoms with Gasteiger partial charge in [0, 0.05) is 43.5 Å². The second kappa shape index (κ2) is 7.32. The highest BCUT2D eigenvalue weighted by atomic mass is 127. The van der Waals surface area contributed by atoms with Crippen LogP contribution in [0.15, 0.2) is 42.9 Å². The van der Waals surface area contributed by atoms with Crippen LogP contribution in [0.3, 0.4) is 0 Å². The molecule has 6 nitrogen and oxygen atoms in total. The van der Waals surface area contributed by atoms with E-state index < -0.39 is 0 Å². The average Bonchev–Trinajstić information content (AvgIpc) is 3.08. The van der Waals surface area contributed by atoms with Gasteiger partial charge in [-0.3, -0.25) is 14.2 Å². The maximum atomic E-state index is 12.7. The molecule has 0 unspecified atom stereocenters. The van der Waals surface area contributed by atoms with Gasteiger partial charge in [0.25, 0.3) is 5.91 Å². The topological polar surface area (TPSA) is 53.7 Å². The predicted molar refractivity (Wildman–Crippen MR) is 109 cm³/mol. The number of fused-ring (bicyclic) bond motifs is 1. The highest BCUT2D eigenvalue weighted by Gasteiger charge is 2.21. The molecule has 1 saturated heterocycles. The molecule has 1 fully saturated rings. The van der Waals surface area contributed by atoms with E-state index in [9.17, 15) is 4.79 Å². The predicted octanol–water partition coefficient (Wildman–Crippen LogP) is 2.78. The smallest absolute Gasteiger partial charge is 0.253 e. The Hall–Kier alpha value is -2.00. The van der Waals surface area contributed by atoms with E-state index in [1.54, 1.807) is 6.20 Å². The van der Waals surface area contributed by atoms with E-state index in [0.29, 0.717) is 0 Å². The monoisotopic (exact) mass is 461 g/mol. The molecule has 26 heavy (non-hydrogen) atoms. The molecule has 0 atom stereocenters. The number of hydrogen-bond acceptors (Lipinski definition) is 4. The quantitative estimate of drug-likeness (QED) is 0.564. The first-order valence-electron chi connectivity index (χ1n) is 8.76. The second-order valence-electron chi connectivity index (χ2n) is 6.39. The van der Waals surface area contributed by atoms with Crippen molar-refractivity contribution < 1.29 is 4.79 Å². The van der Waals surface area contributed by atoms with E-state index in [4.69, 9.17) is 0 Å². The molecule has 3 heterocycles. The molecule has 3 aromatic rings. The Kier molecular flexibility index (Phi) is 4.90. The highest BCUT2D eigenvalue weighted by Crippen LogP contribution is 2.20. The molecule has 1 amide bonds. The normalized spacial score (nSPS) is 15.5. The lowest BCUT2D eigenvalue weighted by Crippen LogP contribution is -2.48. The number of benzene rings is 1. The van der Waals surface area contributed by atoms with Crippen molar-refractivity contribution in [1.29, 1.82) is 0 Å². The molecule has 2 aromatic heterocycles. The van der Waals surface area contributed by atoms with E-state index in [2.05, 4.69) is 44.4 Å². The van der Waals surface area contributed by atoms with Crippen molar-refractivity contribution in [3.05, 3.63) is 52.1 Å². The Morgan fingerprint density at radius 1 is 1.08 bits per heavy atom. The third-order valence-corrected chi connectivity index (χ3v) is 5.68. The molecule has 134 valence electrons. The summed E-state index contributed by atoms with van der Waals surface area (Å²) in [5.74, 6) is 0.111. The average molecular weight is 461 g/mol. The molecule has 0 bridgehead atoms. The lowest BCUT2D eigenvalue weighted by atomic mass is 10.1. The van der Waals surface area contributed by atoms with Crippen LogP contribution < -0.4 is 0 Å². The number of amides is 1. The molecule has 0 aliphatic carbocycles. The summed E-state index contributed by atoms with van der Waals surface area (Å²) >= 11 is 2.25. The third kappa shape index (κ3) is 3.33. The van der Waals surface area contributed by atoms with Crippen molar-refractivity contribution in [3.63, 3.8) is 0 Å². The summed E-state index contributed by atoms with van der Waals surface area (Å²) in [6, 6.07) is 7.73. The van der Waals surface area contributed by atoms with Crippen LogP contribution in [0.4, 0.5) is 0 Å². The summed E-state index contributed by atoms with van der Waals surface area (Å²) in [6.45, 7) is 6.70. The molecule has 0 N–H and O–H groups in total. The summed E-state index contributed by atoms with van der Waals surface area (Å²) in [5.41, 5.74) is 3.42. The Bertz CT molecular complexity index is 929. The van der Waals surface area contributed by atoms with Gasteiger partial charge in [-0.2, -0.15) is 0 Å². The maximum absolute atomic E-state index is 12.7. The highest BCUT2D eigenvalue weighted by molar-refractivity contribution is 14.1. The number of likely N-dealkylation sites (N-methyl/N-ethyl adjacent to an activating group) is 1. The van der Waals surface area contributed by atoms with Gasteiger partial charge in [0.2, 0.25) is 0 Å². The Morgan fingerprint density at radius 3 is 2.50 bits per heavy atom. The van der Waals surface area contributed by atoms with Crippen LogP contribution in [-0.4, -0.2) is 62.8 Å². The molecule has 0 spiro atoms. The minimum Gasteiger partial charge on any atom is -0.336 e. The third-order valence-electron chi connectivity index (χ3n) is 4.89. The standard InChI is InChI=1S/C19H20IN5O/c1-2-23-7-9-24(10-8-23)19(26)15-5-3-14(4-6-15)16-13-25-17(20)11-22-18(25)12-21-16/h3-6,11-13H,2,7-10H2,1H3. The van der Waals surface area contributed by atoms with Crippen molar-refractivity contribution in [1.82, 2.24) is 24.2 Å². The first-order valence-corrected chi connectivity index (χ1v) is 9.84. The summed E-state index contributed by atoms with van der Waals surface area (Å²) in [5, 5.41) is 0. The largest absolute Gasteiger partial charge is 0.336 e. The summed E-state index contributed by atoms with van der Waals surface area (Å²) in [4.78, 5) is 25.8.